The molecule has 0 heterocycles. The Morgan fingerprint density at radius 2 is 1.94 bits per heavy atom. The van der Waals surface area contributed by atoms with E-state index in [0.29, 0.717) is 5.56 Å². The first-order valence-electron chi connectivity index (χ1n) is 5.54. The lowest BCUT2D eigenvalue weighted by atomic mass is 10.00. The van der Waals surface area contributed by atoms with E-state index in [9.17, 15) is 9.59 Å². The van der Waals surface area contributed by atoms with Crippen molar-refractivity contribution in [3.8, 4) is 0 Å². The summed E-state index contributed by atoms with van der Waals surface area (Å²) in [6, 6.07) is 7.28. The molecule has 0 aliphatic heterocycles. The number of halogens is 1. The molecule has 0 N–H and O–H groups in total. The van der Waals surface area contributed by atoms with E-state index in [1.165, 1.54) is 0 Å². The van der Waals surface area contributed by atoms with Crippen LogP contribution in [0.4, 0.5) is 0 Å². The Hall–Kier alpha value is -1.16. The summed E-state index contributed by atoms with van der Waals surface area (Å²) in [6.45, 7) is 3.95. The molecule has 1 aromatic rings. The van der Waals surface area contributed by atoms with E-state index in [-0.39, 0.29) is 12.4 Å². The van der Waals surface area contributed by atoms with Gasteiger partial charge in [-0.1, -0.05) is 47.1 Å². The van der Waals surface area contributed by atoms with Crippen LogP contribution in [0.25, 0.3) is 0 Å². The van der Waals surface area contributed by atoms with Crippen molar-refractivity contribution in [2.45, 2.75) is 25.1 Å². The number of rotatable bonds is 5. The highest BCUT2D eigenvalue weighted by atomic mass is 79.9. The molecule has 92 valence electrons. The molecule has 4 heteroatoms. The van der Waals surface area contributed by atoms with E-state index in [0.717, 1.165) is 12.0 Å². The maximum Gasteiger partial charge on any atom is 0.327 e. The number of ether oxygens (including phenoxy) is 1. The molecule has 0 saturated carbocycles. The van der Waals surface area contributed by atoms with Gasteiger partial charge >= 0.3 is 5.97 Å². The lowest BCUT2D eigenvalue weighted by Crippen LogP contribution is -2.27. The van der Waals surface area contributed by atoms with Crippen molar-refractivity contribution in [3.63, 3.8) is 0 Å². The van der Waals surface area contributed by atoms with Crippen molar-refractivity contribution in [1.29, 1.82) is 0 Å². The van der Waals surface area contributed by atoms with Gasteiger partial charge in [-0.3, -0.25) is 9.59 Å². The first kappa shape index (κ1) is 13.9. The zero-order valence-electron chi connectivity index (χ0n) is 9.90. The summed E-state index contributed by atoms with van der Waals surface area (Å²) in [5.74, 6) is -0.788. The van der Waals surface area contributed by atoms with Crippen LogP contribution in [0.3, 0.4) is 0 Å². The number of hydrogen-bond acceptors (Lipinski definition) is 3. The number of carbonyl (C=O) groups is 2. The van der Waals surface area contributed by atoms with E-state index in [1.807, 2.05) is 19.1 Å². The number of ketones is 1. The molecule has 1 unspecified atom stereocenters. The van der Waals surface area contributed by atoms with E-state index in [4.69, 9.17) is 4.74 Å². The number of esters is 1. The smallest absolute Gasteiger partial charge is 0.327 e. The van der Waals surface area contributed by atoms with Gasteiger partial charge in [-0.15, -0.1) is 0 Å². The third kappa shape index (κ3) is 3.40. The van der Waals surface area contributed by atoms with Gasteiger partial charge < -0.3 is 4.74 Å². The fraction of sp³-hybridized carbons (Fsp3) is 0.385. The Morgan fingerprint density at radius 3 is 2.53 bits per heavy atom. The Bertz CT molecular complexity index is 415. The third-order valence-electron chi connectivity index (χ3n) is 2.39. The fourth-order valence-electron chi connectivity index (χ4n) is 1.53. The van der Waals surface area contributed by atoms with E-state index in [2.05, 4.69) is 15.9 Å². The van der Waals surface area contributed by atoms with E-state index >= 15 is 0 Å². The summed E-state index contributed by atoms with van der Waals surface area (Å²) in [7, 11) is 0. The van der Waals surface area contributed by atoms with Gasteiger partial charge in [0.1, 0.15) is 0 Å². The van der Waals surface area contributed by atoms with Crippen molar-refractivity contribution >= 4 is 27.7 Å². The molecule has 1 rings (SSSR count). The molecule has 0 aliphatic carbocycles. The average molecular weight is 299 g/mol. The number of benzene rings is 1. The largest absolute Gasteiger partial charge is 0.465 e. The van der Waals surface area contributed by atoms with Crippen LogP contribution >= 0.6 is 15.9 Å². The summed E-state index contributed by atoms with van der Waals surface area (Å²) in [4.78, 5) is 22.6. The minimum absolute atomic E-state index is 0.249. The molecule has 0 fully saturated rings. The maximum absolute atomic E-state index is 12.1. The number of alkyl halides is 1. The average Bonchev–Trinajstić information content (AvgIpc) is 2.37. The van der Waals surface area contributed by atoms with Crippen LogP contribution in [0.1, 0.15) is 29.8 Å². The summed E-state index contributed by atoms with van der Waals surface area (Å²) in [5.41, 5.74) is 1.51. The minimum atomic E-state index is -0.921. The number of aryl methyl sites for hydroxylation is 1. The molecule has 0 aromatic heterocycles. The van der Waals surface area contributed by atoms with Gasteiger partial charge in [0, 0.05) is 5.56 Å². The first-order chi connectivity index (χ1) is 8.11. The number of Topliss-reactive ketones (excluding diaryl/α,β-unsaturated/α-hetero) is 1. The second-order valence-electron chi connectivity index (χ2n) is 3.49. The second-order valence-corrected chi connectivity index (χ2v) is 4.41. The molecule has 0 amide bonds. The predicted molar refractivity (Wildman–Crippen MR) is 69.5 cm³/mol. The Labute approximate surface area is 109 Å². The van der Waals surface area contributed by atoms with Crippen LogP contribution in [0.5, 0.6) is 0 Å². The maximum atomic E-state index is 12.1. The summed E-state index contributed by atoms with van der Waals surface area (Å²) < 4.78 is 4.81. The summed E-state index contributed by atoms with van der Waals surface area (Å²) in [6.07, 6.45) is 0.754. The normalized spacial score (nSPS) is 11.9. The molecule has 3 nitrogen and oxygen atoms in total. The zero-order chi connectivity index (χ0) is 12.8. The Balaban J connectivity index is 2.92. The summed E-state index contributed by atoms with van der Waals surface area (Å²) >= 11 is 3.09. The van der Waals surface area contributed by atoms with Crippen LogP contribution in [0, 0.1) is 0 Å². The Morgan fingerprint density at radius 1 is 1.29 bits per heavy atom. The van der Waals surface area contributed by atoms with E-state index < -0.39 is 10.8 Å². The third-order valence-corrected chi connectivity index (χ3v) is 3.18. The molecular formula is C13H15BrO3. The molecule has 0 spiro atoms. The van der Waals surface area contributed by atoms with Crippen LogP contribution < -0.4 is 0 Å². The molecule has 0 radical (unpaired) electrons. The van der Waals surface area contributed by atoms with Gasteiger partial charge in [-0.25, -0.2) is 0 Å². The monoisotopic (exact) mass is 298 g/mol. The molecule has 0 saturated heterocycles. The van der Waals surface area contributed by atoms with Gasteiger partial charge in [0.15, 0.2) is 10.6 Å². The molecule has 17 heavy (non-hydrogen) atoms. The van der Waals surface area contributed by atoms with Gasteiger partial charge in [-0.05, 0) is 18.9 Å². The molecule has 1 atom stereocenters. The molecular weight excluding hydrogens is 284 g/mol. The highest BCUT2D eigenvalue weighted by Gasteiger charge is 2.26. The molecule has 1 aromatic carbocycles. The lowest BCUT2D eigenvalue weighted by molar-refractivity contribution is -0.141. The second kappa shape index (κ2) is 6.55. The van der Waals surface area contributed by atoms with Crippen molar-refractivity contribution in [2.75, 3.05) is 6.61 Å². The predicted octanol–water partition coefficient (Wildman–Crippen LogP) is 2.76. The quantitative estimate of drug-likeness (QED) is 0.363. The van der Waals surface area contributed by atoms with E-state index in [1.54, 1.807) is 19.1 Å². The number of carbonyl (C=O) groups excluding carboxylic acids is 2. The first-order valence-corrected chi connectivity index (χ1v) is 6.46. The van der Waals surface area contributed by atoms with Gasteiger partial charge in [0.2, 0.25) is 0 Å². The highest BCUT2D eigenvalue weighted by Crippen LogP contribution is 2.16. The Kier molecular flexibility index (Phi) is 5.35. The van der Waals surface area contributed by atoms with Crippen LogP contribution in [0.15, 0.2) is 24.3 Å². The minimum Gasteiger partial charge on any atom is -0.465 e. The van der Waals surface area contributed by atoms with Crippen molar-refractivity contribution in [3.05, 3.63) is 35.4 Å². The topological polar surface area (TPSA) is 43.4 Å². The molecule has 0 aliphatic rings. The van der Waals surface area contributed by atoms with Gasteiger partial charge in [0.25, 0.3) is 0 Å². The van der Waals surface area contributed by atoms with Crippen LogP contribution in [-0.2, 0) is 16.0 Å². The SMILES string of the molecule is CCOC(=O)C(Br)C(=O)c1ccccc1CC. The lowest BCUT2D eigenvalue weighted by Gasteiger charge is -2.10. The molecule has 0 bridgehead atoms. The zero-order valence-corrected chi connectivity index (χ0v) is 11.5. The standard InChI is InChI=1S/C13H15BrO3/c1-3-9-7-5-6-8-10(9)12(15)11(14)13(16)17-4-2/h5-8,11H,3-4H2,1-2H3. The van der Waals surface area contributed by atoms with Crippen molar-refractivity contribution in [2.24, 2.45) is 0 Å². The highest BCUT2D eigenvalue weighted by molar-refractivity contribution is 9.10. The van der Waals surface area contributed by atoms with Crippen LogP contribution in [-0.4, -0.2) is 23.2 Å². The van der Waals surface area contributed by atoms with Crippen molar-refractivity contribution < 1.29 is 14.3 Å². The van der Waals surface area contributed by atoms with Crippen LogP contribution in [0.2, 0.25) is 0 Å². The number of hydrogen-bond donors (Lipinski definition) is 0. The van der Waals surface area contributed by atoms with Crippen molar-refractivity contribution in [1.82, 2.24) is 0 Å². The van der Waals surface area contributed by atoms with Gasteiger partial charge in [0.05, 0.1) is 6.61 Å². The summed E-state index contributed by atoms with van der Waals surface area (Å²) in [5, 5.41) is 0. The fourth-order valence-corrected chi connectivity index (χ4v) is 1.91. The van der Waals surface area contributed by atoms with Gasteiger partial charge in [-0.2, -0.15) is 0 Å².